The molecular weight excluding hydrogens is 226 g/mol. The summed E-state index contributed by atoms with van der Waals surface area (Å²) in [6.07, 6.45) is 1.33. The molecule has 18 heavy (non-hydrogen) atoms. The lowest BCUT2D eigenvalue weighted by atomic mass is 10.1. The van der Waals surface area contributed by atoms with Crippen molar-refractivity contribution in [3.63, 3.8) is 0 Å². The summed E-state index contributed by atoms with van der Waals surface area (Å²) >= 11 is 0. The predicted octanol–water partition coefficient (Wildman–Crippen LogP) is 2.64. The SMILES string of the molecule is COc1ccc(CC(C)NCCOC(C)C)cc1. The number of methoxy groups -OCH3 is 1. The first kappa shape index (κ1) is 15.0. The van der Waals surface area contributed by atoms with Gasteiger partial charge >= 0.3 is 0 Å². The minimum absolute atomic E-state index is 0.309. The Morgan fingerprint density at radius 2 is 1.78 bits per heavy atom. The van der Waals surface area contributed by atoms with Crippen molar-refractivity contribution in [3.8, 4) is 5.75 Å². The van der Waals surface area contributed by atoms with Crippen LogP contribution >= 0.6 is 0 Å². The van der Waals surface area contributed by atoms with Crippen molar-refractivity contribution < 1.29 is 9.47 Å². The molecule has 1 unspecified atom stereocenters. The summed E-state index contributed by atoms with van der Waals surface area (Å²) in [6.45, 7) is 7.97. The van der Waals surface area contributed by atoms with Gasteiger partial charge in [0.2, 0.25) is 0 Å². The van der Waals surface area contributed by atoms with Gasteiger partial charge in [-0.3, -0.25) is 0 Å². The lowest BCUT2D eigenvalue weighted by molar-refractivity contribution is 0.0796. The van der Waals surface area contributed by atoms with Crippen LogP contribution in [0.25, 0.3) is 0 Å². The van der Waals surface area contributed by atoms with Crippen LogP contribution in [-0.4, -0.2) is 32.4 Å². The lowest BCUT2D eigenvalue weighted by Crippen LogP contribution is -2.31. The van der Waals surface area contributed by atoms with Gasteiger partial charge in [-0.1, -0.05) is 12.1 Å². The topological polar surface area (TPSA) is 30.5 Å². The zero-order chi connectivity index (χ0) is 13.4. The number of rotatable bonds is 8. The van der Waals surface area contributed by atoms with Crippen molar-refractivity contribution in [1.82, 2.24) is 5.32 Å². The van der Waals surface area contributed by atoms with Gasteiger partial charge in [-0.2, -0.15) is 0 Å². The van der Waals surface area contributed by atoms with Crippen molar-refractivity contribution in [2.45, 2.75) is 39.3 Å². The second kappa shape index (κ2) is 8.11. The van der Waals surface area contributed by atoms with Gasteiger partial charge in [0.15, 0.2) is 0 Å². The van der Waals surface area contributed by atoms with Crippen LogP contribution in [0.4, 0.5) is 0 Å². The summed E-state index contributed by atoms with van der Waals surface area (Å²) in [6, 6.07) is 8.69. The van der Waals surface area contributed by atoms with E-state index in [9.17, 15) is 0 Å². The second-order valence-corrected chi connectivity index (χ2v) is 4.83. The van der Waals surface area contributed by atoms with Crippen LogP contribution in [0.5, 0.6) is 5.75 Å². The van der Waals surface area contributed by atoms with Crippen molar-refractivity contribution in [1.29, 1.82) is 0 Å². The molecule has 0 radical (unpaired) electrons. The Morgan fingerprint density at radius 1 is 1.11 bits per heavy atom. The zero-order valence-electron chi connectivity index (χ0n) is 11.9. The van der Waals surface area contributed by atoms with Gasteiger partial charge in [0, 0.05) is 12.6 Å². The average Bonchev–Trinajstić information content (AvgIpc) is 2.35. The van der Waals surface area contributed by atoms with Crippen LogP contribution in [0.1, 0.15) is 26.3 Å². The highest BCUT2D eigenvalue weighted by Gasteiger charge is 2.03. The minimum atomic E-state index is 0.309. The first-order valence-corrected chi connectivity index (χ1v) is 6.59. The van der Waals surface area contributed by atoms with Crippen molar-refractivity contribution >= 4 is 0 Å². The van der Waals surface area contributed by atoms with Crippen LogP contribution < -0.4 is 10.1 Å². The van der Waals surface area contributed by atoms with Gasteiger partial charge in [-0.25, -0.2) is 0 Å². The van der Waals surface area contributed by atoms with Gasteiger partial charge in [0.1, 0.15) is 5.75 Å². The maximum absolute atomic E-state index is 5.49. The summed E-state index contributed by atoms with van der Waals surface area (Å²) in [5.74, 6) is 0.907. The maximum Gasteiger partial charge on any atom is 0.118 e. The fourth-order valence-corrected chi connectivity index (χ4v) is 1.79. The van der Waals surface area contributed by atoms with E-state index in [-0.39, 0.29) is 0 Å². The van der Waals surface area contributed by atoms with Crippen molar-refractivity contribution in [2.75, 3.05) is 20.3 Å². The molecule has 102 valence electrons. The van der Waals surface area contributed by atoms with Crippen LogP contribution in [0.2, 0.25) is 0 Å². The number of hydrogen-bond donors (Lipinski definition) is 1. The highest BCUT2D eigenvalue weighted by molar-refractivity contribution is 5.27. The molecule has 0 aliphatic rings. The van der Waals surface area contributed by atoms with Gasteiger partial charge in [-0.15, -0.1) is 0 Å². The van der Waals surface area contributed by atoms with Gasteiger partial charge < -0.3 is 14.8 Å². The molecule has 1 aromatic carbocycles. The van der Waals surface area contributed by atoms with E-state index in [0.717, 1.165) is 25.3 Å². The third-order valence-electron chi connectivity index (χ3n) is 2.75. The number of nitrogens with one attached hydrogen (secondary N) is 1. The summed E-state index contributed by atoms with van der Waals surface area (Å²) in [7, 11) is 1.69. The smallest absolute Gasteiger partial charge is 0.118 e. The van der Waals surface area contributed by atoms with E-state index >= 15 is 0 Å². The minimum Gasteiger partial charge on any atom is -0.497 e. The van der Waals surface area contributed by atoms with Crippen LogP contribution in [-0.2, 0) is 11.2 Å². The molecule has 0 saturated heterocycles. The monoisotopic (exact) mass is 251 g/mol. The first-order chi connectivity index (χ1) is 8.61. The van der Waals surface area contributed by atoms with Crippen LogP contribution in [0.3, 0.4) is 0 Å². The van der Waals surface area contributed by atoms with E-state index in [0.29, 0.717) is 12.1 Å². The molecule has 1 rings (SSSR count). The lowest BCUT2D eigenvalue weighted by Gasteiger charge is -2.15. The molecule has 0 amide bonds. The molecule has 3 nitrogen and oxygen atoms in total. The molecule has 0 bridgehead atoms. The fourth-order valence-electron chi connectivity index (χ4n) is 1.79. The predicted molar refractivity (Wildman–Crippen MR) is 75.3 cm³/mol. The van der Waals surface area contributed by atoms with Gasteiger partial charge in [0.05, 0.1) is 19.8 Å². The van der Waals surface area contributed by atoms with Gasteiger partial charge in [-0.05, 0) is 44.9 Å². The van der Waals surface area contributed by atoms with Crippen molar-refractivity contribution in [2.24, 2.45) is 0 Å². The molecule has 0 spiro atoms. The third-order valence-corrected chi connectivity index (χ3v) is 2.75. The molecule has 0 aliphatic heterocycles. The third kappa shape index (κ3) is 6.03. The Hall–Kier alpha value is -1.06. The van der Waals surface area contributed by atoms with E-state index in [1.54, 1.807) is 7.11 Å². The second-order valence-electron chi connectivity index (χ2n) is 4.83. The molecule has 0 fully saturated rings. The Bertz CT molecular complexity index is 322. The van der Waals surface area contributed by atoms with Crippen LogP contribution in [0.15, 0.2) is 24.3 Å². The fraction of sp³-hybridized carbons (Fsp3) is 0.600. The molecule has 0 aromatic heterocycles. The molecule has 1 N–H and O–H groups in total. The van der Waals surface area contributed by atoms with Gasteiger partial charge in [0.25, 0.3) is 0 Å². The Balaban J connectivity index is 2.24. The molecule has 1 atom stereocenters. The molecule has 0 aliphatic carbocycles. The molecule has 0 saturated carbocycles. The normalized spacial score (nSPS) is 12.7. The summed E-state index contributed by atoms with van der Waals surface area (Å²) < 4.78 is 10.6. The standard InChI is InChI=1S/C15H25NO2/c1-12(2)18-10-9-16-13(3)11-14-5-7-15(17-4)8-6-14/h5-8,12-13,16H,9-11H2,1-4H3. The Kier molecular flexibility index (Phi) is 6.76. The molecular formula is C15H25NO2. The summed E-state index contributed by atoms with van der Waals surface area (Å²) in [5, 5.41) is 3.46. The van der Waals surface area contributed by atoms with E-state index < -0.39 is 0 Å². The molecule has 1 aromatic rings. The van der Waals surface area contributed by atoms with Crippen LogP contribution in [0, 0.1) is 0 Å². The molecule has 0 heterocycles. The van der Waals surface area contributed by atoms with E-state index in [4.69, 9.17) is 9.47 Å². The van der Waals surface area contributed by atoms with E-state index in [1.807, 2.05) is 12.1 Å². The summed E-state index contributed by atoms with van der Waals surface area (Å²) in [4.78, 5) is 0. The molecule has 3 heteroatoms. The quantitative estimate of drug-likeness (QED) is 0.721. The maximum atomic E-state index is 5.49. The summed E-state index contributed by atoms with van der Waals surface area (Å²) in [5.41, 5.74) is 1.32. The zero-order valence-corrected chi connectivity index (χ0v) is 11.9. The highest BCUT2D eigenvalue weighted by atomic mass is 16.5. The Labute approximate surface area is 110 Å². The number of ether oxygens (including phenoxy) is 2. The van der Waals surface area contributed by atoms with E-state index in [2.05, 4.69) is 38.2 Å². The average molecular weight is 251 g/mol. The Morgan fingerprint density at radius 3 is 2.33 bits per heavy atom. The van der Waals surface area contributed by atoms with E-state index in [1.165, 1.54) is 5.56 Å². The highest BCUT2D eigenvalue weighted by Crippen LogP contribution is 2.12. The first-order valence-electron chi connectivity index (χ1n) is 6.59. The van der Waals surface area contributed by atoms with Crippen molar-refractivity contribution in [3.05, 3.63) is 29.8 Å². The number of hydrogen-bond acceptors (Lipinski definition) is 3. The number of benzene rings is 1. The largest absolute Gasteiger partial charge is 0.497 e.